The fraction of sp³-hybridized carbons (Fsp3) is 0.126. The lowest BCUT2D eigenvalue weighted by Gasteiger charge is -2.40. The topological polar surface area (TPSA) is 3.24 Å². The van der Waals surface area contributed by atoms with Crippen molar-refractivity contribution in [2.45, 2.75) is 72.5 Å². The Balaban J connectivity index is 0.864. The Hall–Kier alpha value is -10.7. The van der Waals surface area contributed by atoms with Crippen molar-refractivity contribution in [3.63, 3.8) is 0 Å². The van der Waals surface area contributed by atoms with Gasteiger partial charge in [0.25, 0.3) is 0 Å². The molecule has 0 aliphatic heterocycles. The summed E-state index contributed by atoms with van der Waals surface area (Å²) >= 11 is 0. The molecule has 0 spiro atoms. The highest BCUT2D eigenvalue weighted by Gasteiger charge is 2.37. The zero-order valence-corrected chi connectivity index (χ0v) is 53.8. The predicted molar refractivity (Wildman–Crippen MR) is 382 cm³/mol. The third kappa shape index (κ3) is 10.7. The molecule has 97 heavy (non-hydrogen) atoms. The van der Waals surface area contributed by atoms with Gasteiger partial charge in [0.05, 0.1) is 22.7 Å². The van der Waals surface area contributed by atoms with Crippen molar-refractivity contribution in [2.75, 3.05) is 4.90 Å². The second kappa shape index (κ2) is 23.6. The van der Waals surface area contributed by atoms with Crippen LogP contribution < -0.4 is 4.90 Å². The lowest BCUT2D eigenvalue weighted by molar-refractivity contribution is -0.137. The van der Waals surface area contributed by atoms with Gasteiger partial charge in [-0.15, -0.1) is 0 Å². The lowest BCUT2D eigenvalue weighted by atomic mass is 9.82. The van der Waals surface area contributed by atoms with E-state index in [9.17, 15) is 39.5 Å². The summed E-state index contributed by atoms with van der Waals surface area (Å²) in [5.41, 5.74) is 17.0. The summed E-state index contributed by atoms with van der Waals surface area (Å²) in [6, 6.07) is 73.9. The molecule has 1 nitrogen and oxygen atoms in total. The molecule has 1 unspecified atom stereocenters. The number of hydrogen-bond donors (Lipinski definition) is 0. The van der Waals surface area contributed by atoms with Crippen LogP contribution >= 0.6 is 0 Å². The molecular formula is C87H62F9N. The zero-order chi connectivity index (χ0) is 67.6. The molecule has 14 aromatic rings. The first-order valence-corrected chi connectivity index (χ1v) is 32.3. The fourth-order valence-corrected chi connectivity index (χ4v) is 15.4. The Bertz CT molecular complexity index is 5430. The van der Waals surface area contributed by atoms with Crippen LogP contribution in [0.4, 0.5) is 50.9 Å². The summed E-state index contributed by atoms with van der Waals surface area (Å²) in [5, 5.41) is 7.61. The van der Waals surface area contributed by atoms with Gasteiger partial charge in [-0.25, -0.2) is 0 Å². The van der Waals surface area contributed by atoms with Crippen LogP contribution in [0.1, 0.15) is 64.8 Å². The smallest absolute Gasteiger partial charge is 0.333 e. The lowest BCUT2D eigenvalue weighted by Crippen LogP contribution is -2.35. The van der Waals surface area contributed by atoms with E-state index >= 15 is 0 Å². The van der Waals surface area contributed by atoms with Crippen molar-refractivity contribution in [3.05, 3.63) is 304 Å². The number of nitrogens with zero attached hydrogens (tertiary/aromatic N) is 1. The first-order valence-electron chi connectivity index (χ1n) is 32.3. The van der Waals surface area contributed by atoms with Gasteiger partial charge < -0.3 is 4.90 Å². The quantitative estimate of drug-likeness (QED) is 0.130. The molecule has 0 aromatic heterocycles. The maximum absolute atomic E-state index is 14.4. The van der Waals surface area contributed by atoms with Crippen LogP contribution in [-0.2, 0) is 18.5 Å². The molecule has 1 aliphatic carbocycles. The maximum atomic E-state index is 14.4. The number of benzene rings is 14. The number of rotatable bonds is 9. The molecule has 0 radical (unpaired) electrons. The van der Waals surface area contributed by atoms with E-state index in [0.717, 1.165) is 127 Å². The third-order valence-electron chi connectivity index (χ3n) is 20.0. The Morgan fingerprint density at radius 3 is 0.794 bits per heavy atom. The minimum atomic E-state index is -4.53. The normalized spacial score (nSPS) is 14.0. The van der Waals surface area contributed by atoms with E-state index < -0.39 is 35.2 Å². The van der Waals surface area contributed by atoms with E-state index in [1.54, 1.807) is 72.8 Å². The molecular weight excluding hydrogens is 1230 g/mol. The van der Waals surface area contributed by atoms with Gasteiger partial charge in [0, 0.05) is 11.4 Å². The number of allylic oxidation sites excluding steroid dienone is 2. The predicted octanol–water partition coefficient (Wildman–Crippen LogP) is 26.6. The Kier molecular flexibility index (Phi) is 15.2. The Morgan fingerprint density at radius 1 is 0.268 bits per heavy atom. The van der Waals surface area contributed by atoms with Gasteiger partial charge in [0.2, 0.25) is 0 Å². The molecule has 478 valence electrons. The highest BCUT2D eigenvalue weighted by atomic mass is 19.4. The van der Waals surface area contributed by atoms with Gasteiger partial charge in [-0.05, 0) is 250 Å². The van der Waals surface area contributed by atoms with Crippen LogP contribution in [0.2, 0.25) is 0 Å². The summed E-state index contributed by atoms with van der Waals surface area (Å²) in [6.07, 6.45) is -10.7. The first kappa shape index (κ1) is 62.4. The summed E-state index contributed by atoms with van der Waals surface area (Å²) in [4.78, 5) is 2.48. The summed E-state index contributed by atoms with van der Waals surface area (Å²) in [5.74, 6) is 0. The minimum Gasteiger partial charge on any atom is -0.333 e. The van der Waals surface area contributed by atoms with E-state index in [-0.39, 0.29) is 22.2 Å². The van der Waals surface area contributed by atoms with Gasteiger partial charge in [-0.2, -0.15) is 39.5 Å². The highest BCUT2D eigenvalue weighted by molar-refractivity contribution is 6.14. The van der Waals surface area contributed by atoms with Crippen molar-refractivity contribution >= 4 is 81.6 Å². The van der Waals surface area contributed by atoms with Crippen LogP contribution in [0.25, 0.3) is 126 Å². The van der Waals surface area contributed by atoms with Gasteiger partial charge in [0.1, 0.15) is 0 Å². The Labute approximate surface area is 555 Å². The average Bonchev–Trinajstić information content (AvgIpc) is 0.748. The monoisotopic (exact) mass is 1290 g/mol. The summed E-state index contributed by atoms with van der Waals surface area (Å²) < 4.78 is 130. The van der Waals surface area contributed by atoms with Crippen molar-refractivity contribution < 1.29 is 39.5 Å². The fourth-order valence-electron chi connectivity index (χ4n) is 15.4. The number of aryl methyl sites for hydroxylation is 4. The number of hydrogen-bond acceptors (Lipinski definition) is 1. The van der Waals surface area contributed by atoms with E-state index in [4.69, 9.17) is 0 Å². The second-order valence-electron chi connectivity index (χ2n) is 25.8. The van der Waals surface area contributed by atoms with E-state index in [1.165, 1.54) is 36.4 Å². The molecule has 0 saturated heterocycles. The van der Waals surface area contributed by atoms with Crippen molar-refractivity contribution in [1.82, 2.24) is 0 Å². The summed E-state index contributed by atoms with van der Waals surface area (Å²) in [6.45, 7) is 12.9. The molecule has 0 fully saturated rings. The molecule has 1 atom stereocenters. The number of alkyl halides is 9. The van der Waals surface area contributed by atoms with Crippen LogP contribution in [0, 0.1) is 27.7 Å². The van der Waals surface area contributed by atoms with E-state index in [2.05, 4.69) is 113 Å². The molecule has 15 rings (SSSR count). The first-order chi connectivity index (χ1) is 46.5. The molecule has 0 heterocycles. The van der Waals surface area contributed by atoms with Gasteiger partial charge in [-0.1, -0.05) is 212 Å². The van der Waals surface area contributed by atoms with Crippen molar-refractivity contribution in [1.29, 1.82) is 0 Å². The molecule has 0 amide bonds. The SMILES string of the molecule is CC1=CC(c2ccc(-c3ccc(C(F)(F)F)c4ccccc34)c3ccccc23)=C(C)CC1N(c1cc(C)c(-c2ccc(-c3ccc(C(F)(F)F)c4ccccc34)c3ccccc23)cc1C)c1cc(C)c(-c2ccc(-c3ccc(C(F)(F)F)c4ccccc34)c3ccccc23)cc1C. The molecule has 0 saturated carbocycles. The number of fused-ring (bicyclic) bond motifs is 6. The Morgan fingerprint density at radius 2 is 0.505 bits per heavy atom. The number of anilines is 2. The molecule has 10 heteroatoms. The molecule has 0 bridgehead atoms. The highest BCUT2D eigenvalue weighted by Crippen LogP contribution is 2.51. The van der Waals surface area contributed by atoms with Gasteiger partial charge >= 0.3 is 18.5 Å². The largest absolute Gasteiger partial charge is 0.417 e. The molecule has 0 N–H and O–H groups in total. The average molecular weight is 1290 g/mol. The molecule has 14 aromatic carbocycles. The van der Waals surface area contributed by atoms with E-state index in [0.29, 0.717) is 39.3 Å². The maximum Gasteiger partial charge on any atom is 0.417 e. The van der Waals surface area contributed by atoms with Crippen LogP contribution in [0.15, 0.2) is 260 Å². The standard InChI is InChI=1S/C87H62F9N/c1-49-46-82(52(4)43-76(49)70-34-31-64(55-19-7-10-22-58(55)70)67-37-40-79(85(88,89)90)73-28-16-13-25-61(67)73)97(83-47-50(2)77(44-53(83)5)71-35-32-65(56-20-8-11-23-59(56)71)68-38-41-80(86(91,92)93)74-29-17-14-26-62(68)74)84-48-51(3)78(45-54(84)6)72-36-33-66(57-21-9-12-24-60(57)72)69-39-42-81(87(94,95)96)75-30-18-15-27-63(69)75/h7-47,84H,48H2,1-6H3. The van der Waals surface area contributed by atoms with Crippen LogP contribution in [0.3, 0.4) is 0 Å². The van der Waals surface area contributed by atoms with Crippen molar-refractivity contribution in [2.24, 2.45) is 0 Å². The van der Waals surface area contributed by atoms with E-state index in [1.807, 2.05) is 72.8 Å². The second-order valence-corrected chi connectivity index (χ2v) is 25.8. The van der Waals surface area contributed by atoms with Gasteiger partial charge in [0.15, 0.2) is 0 Å². The van der Waals surface area contributed by atoms with Crippen LogP contribution in [0.5, 0.6) is 0 Å². The zero-order valence-electron chi connectivity index (χ0n) is 53.8. The minimum absolute atomic E-state index is 0.143. The molecule has 1 aliphatic rings. The van der Waals surface area contributed by atoms with Crippen LogP contribution in [-0.4, -0.2) is 6.04 Å². The summed E-state index contributed by atoms with van der Waals surface area (Å²) in [7, 11) is 0. The van der Waals surface area contributed by atoms with Gasteiger partial charge in [-0.3, -0.25) is 0 Å². The van der Waals surface area contributed by atoms with Crippen molar-refractivity contribution in [3.8, 4) is 55.6 Å². The number of halogens is 9. The third-order valence-corrected chi connectivity index (χ3v) is 20.0.